The van der Waals surface area contributed by atoms with Gasteiger partial charge in [-0.15, -0.1) is 0 Å². The van der Waals surface area contributed by atoms with E-state index in [9.17, 15) is 4.79 Å². The Morgan fingerprint density at radius 1 is 1.07 bits per heavy atom. The number of amides is 1. The van der Waals surface area contributed by atoms with Gasteiger partial charge >= 0.3 is 0 Å². The second kappa shape index (κ2) is 7.64. The molecule has 5 nitrogen and oxygen atoms in total. The van der Waals surface area contributed by atoms with Crippen LogP contribution >= 0.6 is 0 Å². The average Bonchev–Trinajstić information content (AvgIpc) is 3.11. The quantitative estimate of drug-likeness (QED) is 0.572. The van der Waals surface area contributed by atoms with Crippen molar-refractivity contribution >= 4 is 17.1 Å². The molecule has 140 valence electrons. The van der Waals surface area contributed by atoms with Gasteiger partial charge in [0, 0.05) is 30.4 Å². The van der Waals surface area contributed by atoms with Crippen molar-refractivity contribution in [2.45, 2.75) is 26.8 Å². The lowest BCUT2D eigenvalue weighted by molar-refractivity contribution is 0.0951. The van der Waals surface area contributed by atoms with Gasteiger partial charge in [-0.1, -0.05) is 36.8 Å². The van der Waals surface area contributed by atoms with E-state index in [1.807, 2.05) is 66.1 Å². The van der Waals surface area contributed by atoms with Crippen LogP contribution in [-0.2, 0) is 13.0 Å². The molecule has 0 saturated carbocycles. The number of fused-ring (bicyclic) bond motifs is 1. The van der Waals surface area contributed by atoms with E-state index in [1.54, 1.807) is 6.20 Å². The normalized spacial score (nSPS) is 10.9. The van der Waals surface area contributed by atoms with E-state index in [-0.39, 0.29) is 5.91 Å². The van der Waals surface area contributed by atoms with Crippen LogP contribution in [0.5, 0.6) is 0 Å². The minimum atomic E-state index is -0.0858. The average molecular weight is 370 g/mol. The van der Waals surface area contributed by atoms with Gasteiger partial charge in [0.2, 0.25) is 0 Å². The fourth-order valence-corrected chi connectivity index (χ4v) is 3.34. The molecular formula is C23H22N4O. The minimum absolute atomic E-state index is 0.0858. The topological polar surface area (TPSA) is 59.8 Å². The first kappa shape index (κ1) is 17.9. The Labute approximate surface area is 164 Å². The molecule has 0 aliphatic rings. The summed E-state index contributed by atoms with van der Waals surface area (Å²) in [5.41, 5.74) is 5.56. The first-order chi connectivity index (χ1) is 13.7. The summed E-state index contributed by atoms with van der Waals surface area (Å²) in [5.74, 6) is 0.864. The highest BCUT2D eigenvalue weighted by Crippen LogP contribution is 2.20. The first-order valence-corrected chi connectivity index (χ1v) is 9.42. The molecule has 2 aromatic carbocycles. The monoisotopic (exact) mass is 370 g/mol. The number of imidazole rings is 1. The maximum Gasteiger partial charge on any atom is 0.251 e. The molecule has 0 saturated heterocycles. The molecule has 1 N–H and O–H groups in total. The third kappa shape index (κ3) is 3.51. The predicted molar refractivity (Wildman–Crippen MR) is 111 cm³/mol. The van der Waals surface area contributed by atoms with E-state index in [1.165, 1.54) is 5.56 Å². The number of carbonyl (C=O) groups is 1. The molecule has 5 heteroatoms. The van der Waals surface area contributed by atoms with E-state index >= 15 is 0 Å². The number of hydrogen-bond donors (Lipinski definition) is 1. The van der Waals surface area contributed by atoms with Crippen molar-refractivity contribution < 1.29 is 4.79 Å². The van der Waals surface area contributed by atoms with Crippen LogP contribution in [-0.4, -0.2) is 20.4 Å². The van der Waals surface area contributed by atoms with Crippen molar-refractivity contribution in [2.24, 2.45) is 0 Å². The number of carbonyl (C=O) groups excluding carboxylic acids is 1. The van der Waals surface area contributed by atoms with Crippen molar-refractivity contribution in [3.8, 4) is 5.69 Å². The number of hydrogen-bond acceptors (Lipinski definition) is 3. The van der Waals surface area contributed by atoms with Gasteiger partial charge < -0.3 is 5.32 Å². The summed E-state index contributed by atoms with van der Waals surface area (Å²) in [5, 5.41) is 2.98. The molecule has 4 rings (SSSR count). The van der Waals surface area contributed by atoms with Crippen LogP contribution in [0.4, 0.5) is 0 Å². The zero-order valence-electron chi connectivity index (χ0n) is 16.0. The molecule has 0 fully saturated rings. The number of benzene rings is 2. The second-order valence-electron chi connectivity index (χ2n) is 6.78. The largest absolute Gasteiger partial charge is 0.348 e. The molecule has 2 heterocycles. The van der Waals surface area contributed by atoms with Gasteiger partial charge in [-0.25, -0.2) is 9.97 Å². The molecule has 28 heavy (non-hydrogen) atoms. The van der Waals surface area contributed by atoms with Crippen LogP contribution < -0.4 is 5.32 Å². The van der Waals surface area contributed by atoms with Crippen LogP contribution in [0.1, 0.15) is 34.2 Å². The van der Waals surface area contributed by atoms with E-state index in [4.69, 9.17) is 0 Å². The first-order valence-electron chi connectivity index (χ1n) is 9.42. The van der Waals surface area contributed by atoms with Gasteiger partial charge in [0.1, 0.15) is 11.3 Å². The molecule has 0 atom stereocenters. The SMILES string of the molecule is CCc1nc2cccnc2n1-c1ccc(C(=O)NCc2cccc(C)c2)cc1. The molecule has 0 aliphatic heterocycles. The number of nitrogens with one attached hydrogen (secondary N) is 1. The molecule has 4 aromatic rings. The van der Waals surface area contributed by atoms with Gasteiger partial charge in [0.05, 0.1) is 0 Å². The van der Waals surface area contributed by atoms with Crippen molar-refractivity contribution in [1.82, 2.24) is 19.9 Å². The Balaban J connectivity index is 1.55. The lowest BCUT2D eigenvalue weighted by atomic mass is 10.1. The Kier molecular flexibility index (Phi) is 4.89. The summed E-state index contributed by atoms with van der Waals surface area (Å²) in [4.78, 5) is 21.6. The summed E-state index contributed by atoms with van der Waals surface area (Å²) in [7, 11) is 0. The van der Waals surface area contributed by atoms with Gasteiger partial charge in [0.25, 0.3) is 5.91 Å². The molecule has 2 aromatic heterocycles. The van der Waals surface area contributed by atoms with Gasteiger partial charge in [-0.05, 0) is 48.9 Å². The van der Waals surface area contributed by atoms with Crippen molar-refractivity contribution in [3.63, 3.8) is 0 Å². The number of nitrogens with zero attached hydrogens (tertiary/aromatic N) is 3. The van der Waals surface area contributed by atoms with Crippen LogP contribution in [0, 0.1) is 6.92 Å². The van der Waals surface area contributed by atoms with Crippen molar-refractivity contribution in [1.29, 1.82) is 0 Å². The Morgan fingerprint density at radius 3 is 2.64 bits per heavy atom. The van der Waals surface area contributed by atoms with Crippen LogP contribution in [0.25, 0.3) is 16.9 Å². The highest BCUT2D eigenvalue weighted by molar-refractivity contribution is 5.94. The van der Waals surface area contributed by atoms with E-state index in [0.717, 1.165) is 34.7 Å². The van der Waals surface area contributed by atoms with E-state index in [2.05, 4.69) is 28.3 Å². The summed E-state index contributed by atoms with van der Waals surface area (Å²) >= 11 is 0. The third-order valence-corrected chi connectivity index (χ3v) is 4.72. The minimum Gasteiger partial charge on any atom is -0.348 e. The molecule has 0 aliphatic carbocycles. The maximum atomic E-state index is 12.5. The van der Waals surface area contributed by atoms with E-state index in [0.29, 0.717) is 12.1 Å². The van der Waals surface area contributed by atoms with Crippen molar-refractivity contribution in [2.75, 3.05) is 0 Å². The highest BCUT2D eigenvalue weighted by atomic mass is 16.1. The zero-order valence-corrected chi connectivity index (χ0v) is 16.0. The fraction of sp³-hybridized carbons (Fsp3) is 0.174. The molecule has 0 unspecified atom stereocenters. The number of aryl methyl sites for hydroxylation is 2. The van der Waals surface area contributed by atoms with Crippen LogP contribution in [0.2, 0.25) is 0 Å². The molecule has 1 amide bonds. The third-order valence-electron chi connectivity index (χ3n) is 4.72. The zero-order chi connectivity index (χ0) is 19.5. The van der Waals surface area contributed by atoms with Gasteiger partial charge in [-0.3, -0.25) is 9.36 Å². The van der Waals surface area contributed by atoms with Crippen LogP contribution in [0.3, 0.4) is 0 Å². The Morgan fingerprint density at radius 2 is 1.89 bits per heavy atom. The second-order valence-corrected chi connectivity index (χ2v) is 6.78. The highest BCUT2D eigenvalue weighted by Gasteiger charge is 2.13. The Bertz CT molecular complexity index is 1130. The smallest absolute Gasteiger partial charge is 0.251 e. The standard InChI is InChI=1S/C23H22N4O/c1-3-21-26-20-8-5-13-24-22(20)27(21)19-11-9-18(10-12-19)23(28)25-15-17-7-4-6-16(2)14-17/h4-14H,3,15H2,1-2H3,(H,25,28). The summed E-state index contributed by atoms with van der Waals surface area (Å²) in [6, 6.07) is 19.6. The van der Waals surface area contributed by atoms with E-state index < -0.39 is 0 Å². The molecule has 0 spiro atoms. The number of rotatable bonds is 5. The fourth-order valence-electron chi connectivity index (χ4n) is 3.34. The van der Waals surface area contributed by atoms with Gasteiger partial charge in [0.15, 0.2) is 5.65 Å². The number of aromatic nitrogens is 3. The lowest BCUT2D eigenvalue weighted by Gasteiger charge is -2.09. The van der Waals surface area contributed by atoms with Gasteiger partial charge in [-0.2, -0.15) is 0 Å². The maximum absolute atomic E-state index is 12.5. The van der Waals surface area contributed by atoms with Crippen LogP contribution in [0.15, 0.2) is 66.9 Å². The summed E-state index contributed by atoms with van der Waals surface area (Å²) in [6.45, 7) is 4.63. The Hall–Kier alpha value is -3.47. The molecular weight excluding hydrogens is 348 g/mol. The molecule has 0 bridgehead atoms. The molecule has 0 radical (unpaired) electrons. The summed E-state index contributed by atoms with van der Waals surface area (Å²) < 4.78 is 2.05. The predicted octanol–water partition coefficient (Wildman–Crippen LogP) is 4.22. The summed E-state index contributed by atoms with van der Waals surface area (Å²) in [6.07, 6.45) is 2.57. The number of pyridine rings is 1. The lowest BCUT2D eigenvalue weighted by Crippen LogP contribution is -2.22. The van der Waals surface area contributed by atoms with Crippen molar-refractivity contribution in [3.05, 3.63) is 89.4 Å².